The van der Waals surface area contributed by atoms with Crippen LogP contribution < -0.4 is 5.32 Å². The Bertz CT molecular complexity index is 420. The maximum atomic E-state index is 11.9. The largest absolute Gasteiger partial charge is 0.351 e. The zero-order valence-corrected chi connectivity index (χ0v) is 12.2. The predicted molar refractivity (Wildman–Crippen MR) is 73.4 cm³/mol. The molecule has 1 aromatic rings. The van der Waals surface area contributed by atoms with Gasteiger partial charge in [-0.3, -0.25) is 9.78 Å². The summed E-state index contributed by atoms with van der Waals surface area (Å²) < 4.78 is 10.7. The summed E-state index contributed by atoms with van der Waals surface area (Å²) in [7, 11) is 0. The van der Waals surface area contributed by atoms with Crippen LogP contribution in [0.4, 0.5) is 0 Å². The summed E-state index contributed by atoms with van der Waals surface area (Å²) in [5.74, 6) is -0.290. The number of hydrogen-bond acceptors (Lipinski definition) is 4. The van der Waals surface area contributed by atoms with Crippen molar-refractivity contribution in [3.05, 3.63) is 28.5 Å². The summed E-state index contributed by atoms with van der Waals surface area (Å²) in [6, 6.07) is 1.65. The lowest BCUT2D eigenvalue weighted by molar-refractivity contribution is -0.131. The third-order valence-electron chi connectivity index (χ3n) is 2.37. The first-order valence-corrected chi connectivity index (χ1v) is 6.59. The molecule has 0 saturated carbocycles. The molecule has 0 aromatic carbocycles. The number of aryl methyl sites for hydroxylation is 1. The molecule has 1 rings (SSSR count). The number of halogens is 1. The Morgan fingerprint density at radius 3 is 2.58 bits per heavy atom. The summed E-state index contributed by atoms with van der Waals surface area (Å²) >= 11 is 6.00. The van der Waals surface area contributed by atoms with Gasteiger partial charge in [0.2, 0.25) is 0 Å². The average molecular weight is 287 g/mol. The lowest BCUT2D eigenvalue weighted by atomic mass is 10.2. The van der Waals surface area contributed by atoms with E-state index in [1.54, 1.807) is 6.07 Å². The summed E-state index contributed by atoms with van der Waals surface area (Å²) in [6.45, 7) is 6.86. The lowest BCUT2D eigenvalue weighted by Gasteiger charge is -2.17. The van der Waals surface area contributed by atoms with E-state index < -0.39 is 6.29 Å². The quantitative estimate of drug-likeness (QED) is 0.781. The number of hydrogen-bond donors (Lipinski definition) is 1. The van der Waals surface area contributed by atoms with Gasteiger partial charge in [-0.25, -0.2) is 0 Å². The number of carbonyl (C=O) groups is 1. The van der Waals surface area contributed by atoms with Crippen LogP contribution in [0.2, 0.25) is 5.02 Å². The molecule has 5 nitrogen and oxygen atoms in total. The van der Waals surface area contributed by atoms with E-state index in [9.17, 15) is 4.79 Å². The highest BCUT2D eigenvalue weighted by atomic mass is 35.5. The monoisotopic (exact) mass is 286 g/mol. The zero-order chi connectivity index (χ0) is 14.3. The Morgan fingerprint density at radius 2 is 2.05 bits per heavy atom. The number of nitrogens with one attached hydrogen (secondary N) is 1. The standard InChI is InChI=1S/C13H19ClN2O3/c1-4-18-12(19-5-2)8-16-13(17)10-7-15-9(3)6-11(10)14/h6-7,12H,4-5,8H2,1-3H3,(H,16,17). The molecule has 0 saturated heterocycles. The number of aromatic nitrogens is 1. The first-order chi connectivity index (χ1) is 9.08. The van der Waals surface area contributed by atoms with Crippen LogP contribution in [0.25, 0.3) is 0 Å². The van der Waals surface area contributed by atoms with Gasteiger partial charge >= 0.3 is 0 Å². The number of rotatable bonds is 7. The number of amides is 1. The minimum atomic E-state index is -0.448. The fraction of sp³-hybridized carbons (Fsp3) is 0.538. The maximum absolute atomic E-state index is 11.9. The summed E-state index contributed by atoms with van der Waals surface area (Å²) in [5.41, 5.74) is 1.11. The molecule has 0 spiro atoms. The van der Waals surface area contributed by atoms with E-state index in [4.69, 9.17) is 21.1 Å². The molecule has 1 heterocycles. The van der Waals surface area contributed by atoms with Gasteiger partial charge in [-0.15, -0.1) is 0 Å². The lowest BCUT2D eigenvalue weighted by Crippen LogP contribution is -2.35. The number of carbonyl (C=O) groups excluding carboxylic acids is 1. The molecule has 6 heteroatoms. The Labute approximate surface area is 118 Å². The third-order valence-corrected chi connectivity index (χ3v) is 2.68. The van der Waals surface area contributed by atoms with Gasteiger partial charge in [0.25, 0.3) is 5.91 Å². The van der Waals surface area contributed by atoms with Gasteiger partial charge < -0.3 is 14.8 Å². The van der Waals surface area contributed by atoms with Crippen LogP contribution in [0, 0.1) is 6.92 Å². The normalized spacial score (nSPS) is 10.8. The van der Waals surface area contributed by atoms with Gasteiger partial charge in [-0.1, -0.05) is 11.6 Å². The van der Waals surface area contributed by atoms with E-state index >= 15 is 0 Å². The fourth-order valence-electron chi connectivity index (χ4n) is 1.50. The average Bonchev–Trinajstić information content (AvgIpc) is 2.36. The highest BCUT2D eigenvalue weighted by molar-refractivity contribution is 6.33. The van der Waals surface area contributed by atoms with E-state index in [1.807, 2.05) is 20.8 Å². The third kappa shape index (κ3) is 5.14. The molecule has 1 aromatic heterocycles. The smallest absolute Gasteiger partial charge is 0.254 e. The molecule has 0 aliphatic heterocycles. The Morgan fingerprint density at radius 1 is 1.42 bits per heavy atom. The van der Waals surface area contributed by atoms with Crippen molar-refractivity contribution >= 4 is 17.5 Å². The van der Waals surface area contributed by atoms with Crippen molar-refractivity contribution < 1.29 is 14.3 Å². The highest BCUT2D eigenvalue weighted by Crippen LogP contribution is 2.15. The van der Waals surface area contributed by atoms with Crippen LogP contribution in [0.5, 0.6) is 0 Å². The van der Waals surface area contributed by atoms with Crippen LogP contribution >= 0.6 is 11.6 Å². The van der Waals surface area contributed by atoms with Crippen molar-refractivity contribution in [3.8, 4) is 0 Å². The SMILES string of the molecule is CCOC(CNC(=O)c1cnc(C)cc1Cl)OCC. The van der Waals surface area contributed by atoms with Gasteiger partial charge in [0, 0.05) is 25.1 Å². The van der Waals surface area contributed by atoms with Crippen molar-refractivity contribution in [1.29, 1.82) is 0 Å². The molecule has 106 valence electrons. The minimum Gasteiger partial charge on any atom is -0.351 e. The molecule has 0 unspecified atom stereocenters. The number of ether oxygens (including phenoxy) is 2. The highest BCUT2D eigenvalue weighted by Gasteiger charge is 2.14. The van der Waals surface area contributed by atoms with E-state index in [0.29, 0.717) is 23.8 Å². The topological polar surface area (TPSA) is 60.5 Å². The van der Waals surface area contributed by atoms with Crippen molar-refractivity contribution in [2.75, 3.05) is 19.8 Å². The molecule has 0 atom stereocenters. The summed E-state index contributed by atoms with van der Waals surface area (Å²) in [5, 5.41) is 3.10. The first kappa shape index (κ1) is 15.9. The molecule has 0 aliphatic carbocycles. The van der Waals surface area contributed by atoms with Crippen LogP contribution in [-0.2, 0) is 9.47 Å². The second kappa shape index (κ2) is 8.09. The molecule has 1 amide bonds. The fourth-order valence-corrected chi connectivity index (χ4v) is 1.80. The first-order valence-electron chi connectivity index (χ1n) is 6.22. The second-order valence-electron chi connectivity index (χ2n) is 3.86. The molecule has 0 radical (unpaired) electrons. The minimum absolute atomic E-state index is 0.269. The molecule has 0 aliphatic rings. The van der Waals surface area contributed by atoms with Gasteiger partial charge in [0.05, 0.1) is 17.1 Å². The van der Waals surface area contributed by atoms with Gasteiger partial charge in [-0.2, -0.15) is 0 Å². The van der Waals surface area contributed by atoms with Crippen molar-refractivity contribution in [1.82, 2.24) is 10.3 Å². The summed E-state index contributed by atoms with van der Waals surface area (Å²) in [4.78, 5) is 16.0. The van der Waals surface area contributed by atoms with Crippen LogP contribution in [-0.4, -0.2) is 36.9 Å². The molecular weight excluding hydrogens is 268 g/mol. The van der Waals surface area contributed by atoms with E-state index in [-0.39, 0.29) is 12.5 Å². The molecule has 1 N–H and O–H groups in total. The van der Waals surface area contributed by atoms with Crippen molar-refractivity contribution in [2.45, 2.75) is 27.1 Å². The Hall–Kier alpha value is -1.17. The van der Waals surface area contributed by atoms with Crippen LogP contribution in [0.15, 0.2) is 12.3 Å². The molecular formula is C13H19ClN2O3. The summed E-state index contributed by atoms with van der Waals surface area (Å²) in [6.07, 6.45) is 1.01. The van der Waals surface area contributed by atoms with Crippen molar-refractivity contribution in [3.63, 3.8) is 0 Å². The van der Waals surface area contributed by atoms with Gasteiger partial charge in [0.15, 0.2) is 6.29 Å². The molecule has 0 fully saturated rings. The van der Waals surface area contributed by atoms with E-state index in [2.05, 4.69) is 10.3 Å². The number of pyridine rings is 1. The van der Waals surface area contributed by atoms with Crippen LogP contribution in [0.3, 0.4) is 0 Å². The molecule has 19 heavy (non-hydrogen) atoms. The molecule has 0 bridgehead atoms. The predicted octanol–water partition coefficient (Wildman–Crippen LogP) is 2.17. The van der Waals surface area contributed by atoms with Crippen LogP contribution in [0.1, 0.15) is 29.9 Å². The van der Waals surface area contributed by atoms with Crippen molar-refractivity contribution in [2.24, 2.45) is 0 Å². The Balaban J connectivity index is 2.58. The van der Waals surface area contributed by atoms with Gasteiger partial charge in [0.1, 0.15) is 0 Å². The van der Waals surface area contributed by atoms with E-state index in [1.165, 1.54) is 6.20 Å². The zero-order valence-electron chi connectivity index (χ0n) is 11.4. The van der Waals surface area contributed by atoms with E-state index in [0.717, 1.165) is 5.69 Å². The Kier molecular flexibility index (Phi) is 6.77. The van der Waals surface area contributed by atoms with Gasteiger partial charge in [-0.05, 0) is 26.8 Å². The maximum Gasteiger partial charge on any atom is 0.254 e. The second-order valence-corrected chi connectivity index (χ2v) is 4.26. The number of nitrogens with zero attached hydrogens (tertiary/aromatic N) is 1.